The molecule has 1 aromatic rings. The van der Waals surface area contributed by atoms with Crippen LogP contribution in [0.1, 0.15) is 19.8 Å². The molecule has 0 aromatic carbocycles. The number of hydrogen-bond donors (Lipinski definition) is 0. The van der Waals surface area contributed by atoms with E-state index in [4.69, 9.17) is 0 Å². The quantitative estimate of drug-likeness (QED) is 0.614. The topological polar surface area (TPSA) is 62.5 Å². The van der Waals surface area contributed by atoms with E-state index in [1.165, 1.54) is 6.07 Å². The molecule has 0 aliphatic carbocycles. The van der Waals surface area contributed by atoms with Crippen molar-refractivity contribution in [2.24, 2.45) is 0 Å². The molecule has 6 nitrogen and oxygen atoms in total. The van der Waals surface area contributed by atoms with E-state index in [0.717, 1.165) is 45.6 Å². The number of rotatable bonds is 4. The van der Waals surface area contributed by atoms with Gasteiger partial charge >= 0.3 is 5.69 Å². The van der Waals surface area contributed by atoms with Crippen LogP contribution in [0.15, 0.2) is 18.3 Å². The summed E-state index contributed by atoms with van der Waals surface area (Å²) in [6, 6.07) is 3.14. The average Bonchev–Trinajstić information content (AvgIpc) is 2.65. The predicted molar refractivity (Wildman–Crippen MR) is 74.5 cm³/mol. The minimum Gasteiger partial charge on any atom is -0.350 e. The van der Waals surface area contributed by atoms with Crippen LogP contribution in [0.25, 0.3) is 0 Å². The standard InChI is InChI=1S/C13H20N4O2/c1-2-7-15-8-4-9-16(11-10-15)13-12(17(18)19)5-3-6-14-13/h3,5-6H,2,4,7-11H2,1H3. The summed E-state index contributed by atoms with van der Waals surface area (Å²) in [6.07, 6.45) is 3.79. The molecule has 6 heteroatoms. The molecule has 1 saturated heterocycles. The second kappa shape index (κ2) is 6.47. The lowest BCUT2D eigenvalue weighted by molar-refractivity contribution is -0.384. The lowest BCUT2D eigenvalue weighted by Crippen LogP contribution is -2.31. The van der Waals surface area contributed by atoms with E-state index in [0.29, 0.717) is 5.82 Å². The molecular formula is C13H20N4O2. The van der Waals surface area contributed by atoms with Gasteiger partial charge in [-0.05, 0) is 32.0 Å². The molecule has 1 aliphatic heterocycles. The molecule has 19 heavy (non-hydrogen) atoms. The number of nitrogens with zero attached hydrogens (tertiary/aromatic N) is 4. The van der Waals surface area contributed by atoms with Gasteiger partial charge in [0.25, 0.3) is 0 Å². The Hall–Kier alpha value is -1.69. The molecular weight excluding hydrogens is 244 g/mol. The summed E-state index contributed by atoms with van der Waals surface area (Å²) in [6.45, 7) is 6.91. The third-order valence-corrected chi connectivity index (χ3v) is 3.39. The Kier molecular flexibility index (Phi) is 4.68. The van der Waals surface area contributed by atoms with Gasteiger partial charge in [-0.2, -0.15) is 0 Å². The predicted octanol–water partition coefficient (Wildman–Crippen LogP) is 1.91. The van der Waals surface area contributed by atoms with Crippen molar-refractivity contribution >= 4 is 11.5 Å². The minimum atomic E-state index is -0.350. The van der Waals surface area contributed by atoms with Crippen LogP contribution in [-0.2, 0) is 0 Å². The second-order valence-electron chi connectivity index (χ2n) is 4.79. The maximum Gasteiger partial charge on any atom is 0.311 e. The zero-order valence-electron chi connectivity index (χ0n) is 11.3. The van der Waals surface area contributed by atoms with E-state index in [1.54, 1.807) is 12.3 Å². The molecule has 0 bridgehead atoms. The number of pyridine rings is 1. The molecule has 1 aliphatic rings. The SMILES string of the molecule is CCCN1CCCN(c2ncccc2[N+](=O)[O-])CC1. The lowest BCUT2D eigenvalue weighted by atomic mass is 10.3. The highest BCUT2D eigenvalue weighted by molar-refractivity contribution is 5.57. The van der Waals surface area contributed by atoms with Gasteiger partial charge in [0.1, 0.15) is 0 Å². The Labute approximate surface area is 113 Å². The minimum absolute atomic E-state index is 0.103. The fraction of sp³-hybridized carbons (Fsp3) is 0.615. The van der Waals surface area contributed by atoms with Gasteiger partial charge < -0.3 is 9.80 Å². The highest BCUT2D eigenvalue weighted by Gasteiger charge is 2.22. The third kappa shape index (κ3) is 3.41. The van der Waals surface area contributed by atoms with Gasteiger partial charge in [-0.25, -0.2) is 4.98 Å². The lowest BCUT2D eigenvalue weighted by Gasteiger charge is -2.22. The maximum absolute atomic E-state index is 11.0. The molecule has 1 aromatic heterocycles. The number of hydrogen-bond acceptors (Lipinski definition) is 5. The van der Waals surface area contributed by atoms with E-state index < -0.39 is 0 Å². The van der Waals surface area contributed by atoms with Crippen molar-refractivity contribution in [1.29, 1.82) is 0 Å². The summed E-state index contributed by atoms with van der Waals surface area (Å²) < 4.78 is 0. The van der Waals surface area contributed by atoms with Gasteiger partial charge in [0.05, 0.1) is 4.92 Å². The zero-order valence-corrected chi connectivity index (χ0v) is 11.3. The number of anilines is 1. The summed E-state index contributed by atoms with van der Waals surface area (Å²) in [5, 5.41) is 11.0. The van der Waals surface area contributed by atoms with E-state index in [1.807, 2.05) is 4.90 Å². The van der Waals surface area contributed by atoms with Gasteiger partial charge in [-0.15, -0.1) is 0 Å². The first-order valence-electron chi connectivity index (χ1n) is 6.79. The Bertz CT molecular complexity index is 438. The first-order chi connectivity index (χ1) is 9.22. The normalized spacial score (nSPS) is 17.2. The summed E-state index contributed by atoms with van der Waals surface area (Å²) >= 11 is 0. The zero-order chi connectivity index (χ0) is 13.7. The van der Waals surface area contributed by atoms with Crippen molar-refractivity contribution in [2.75, 3.05) is 37.6 Å². The Balaban J connectivity index is 2.12. The van der Waals surface area contributed by atoms with Crippen LogP contribution >= 0.6 is 0 Å². The average molecular weight is 264 g/mol. The first-order valence-corrected chi connectivity index (χ1v) is 6.79. The fourth-order valence-corrected chi connectivity index (χ4v) is 2.50. The van der Waals surface area contributed by atoms with Gasteiger partial charge in [0.15, 0.2) is 0 Å². The van der Waals surface area contributed by atoms with Crippen LogP contribution in [0.3, 0.4) is 0 Å². The van der Waals surface area contributed by atoms with Crippen molar-refractivity contribution in [2.45, 2.75) is 19.8 Å². The van der Waals surface area contributed by atoms with E-state index in [9.17, 15) is 10.1 Å². The highest BCUT2D eigenvalue weighted by Crippen LogP contribution is 2.25. The summed E-state index contributed by atoms with van der Waals surface area (Å²) in [7, 11) is 0. The molecule has 1 fully saturated rings. The Morgan fingerprint density at radius 3 is 2.95 bits per heavy atom. The molecule has 2 rings (SSSR count). The van der Waals surface area contributed by atoms with Gasteiger partial charge in [0.2, 0.25) is 5.82 Å². The van der Waals surface area contributed by atoms with Crippen molar-refractivity contribution in [3.05, 3.63) is 28.4 Å². The summed E-state index contributed by atoms with van der Waals surface area (Å²) in [5.74, 6) is 0.505. The highest BCUT2D eigenvalue weighted by atomic mass is 16.6. The summed E-state index contributed by atoms with van der Waals surface area (Å²) in [4.78, 5) is 19.3. The Morgan fingerprint density at radius 1 is 1.37 bits per heavy atom. The molecule has 0 atom stereocenters. The molecule has 0 saturated carbocycles. The molecule has 0 amide bonds. The Morgan fingerprint density at radius 2 is 2.21 bits per heavy atom. The van der Waals surface area contributed by atoms with Crippen LogP contribution < -0.4 is 4.90 Å². The van der Waals surface area contributed by atoms with Crippen LogP contribution in [-0.4, -0.2) is 47.5 Å². The molecule has 0 spiro atoms. The maximum atomic E-state index is 11.0. The molecule has 2 heterocycles. The van der Waals surface area contributed by atoms with E-state index in [-0.39, 0.29) is 10.6 Å². The van der Waals surface area contributed by atoms with Crippen LogP contribution in [0.2, 0.25) is 0 Å². The molecule has 0 radical (unpaired) electrons. The van der Waals surface area contributed by atoms with Crippen molar-refractivity contribution in [3.8, 4) is 0 Å². The van der Waals surface area contributed by atoms with Crippen LogP contribution in [0.4, 0.5) is 11.5 Å². The smallest absolute Gasteiger partial charge is 0.311 e. The van der Waals surface area contributed by atoms with Crippen molar-refractivity contribution in [1.82, 2.24) is 9.88 Å². The molecule has 0 N–H and O–H groups in total. The van der Waals surface area contributed by atoms with Gasteiger partial charge in [-0.1, -0.05) is 6.92 Å². The number of nitro groups is 1. The van der Waals surface area contributed by atoms with E-state index in [2.05, 4.69) is 16.8 Å². The number of aromatic nitrogens is 1. The van der Waals surface area contributed by atoms with Crippen molar-refractivity contribution in [3.63, 3.8) is 0 Å². The third-order valence-electron chi connectivity index (χ3n) is 3.39. The fourth-order valence-electron chi connectivity index (χ4n) is 2.50. The second-order valence-corrected chi connectivity index (χ2v) is 4.79. The van der Waals surface area contributed by atoms with Gasteiger partial charge in [0, 0.05) is 31.9 Å². The van der Waals surface area contributed by atoms with Crippen LogP contribution in [0, 0.1) is 10.1 Å². The monoisotopic (exact) mass is 264 g/mol. The molecule has 104 valence electrons. The van der Waals surface area contributed by atoms with Gasteiger partial charge in [-0.3, -0.25) is 10.1 Å². The summed E-state index contributed by atoms with van der Waals surface area (Å²) in [5.41, 5.74) is 0.103. The molecule has 0 unspecified atom stereocenters. The largest absolute Gasteiger partial charge is 0.350 e. The first kappa shape index (κ1) is 13.7. The van der Waals surface area contributed by atoms with Crippen molar-refractivity contribution < 1.29 is 4.92 Å². The van der Waals surface area contributed by atoms with E-state index >= 15 is 0 Å². The van der Waals surface area contributed by atoms with Crippen LogP contribution in [0.5, 0.6) is 0 Å².